The summed E-state index contributed by atoms with van der Waals surface area (Å²) in [6.07, 6.45) is 0. The lowest BCUT2D eigenvalue weighted by Gasteiger charge is -2.10. The van der Waals surface area contributed by atoms with Crippen molar-refractivity contribution in [3.63, 3.8) is 0 Å². The average molecular weight is 360 g/mol. The van der Waals surface area contributed by atoms with Crippen molar-refractivity contribution in [1.82, 2.24) is 15.0 Å². The maximum Gasteiger partial charge on any atom is 0.322 e. The van der Waals surface area contributed by atoms with Crippen LogP contribution in [0.3, 0.4) is 0 Å². The van der Waals surface area contributed by atoms with Crippen molar-refractivity contribution in [1.29, 1.82) is 0 Å². The molecule has 0 aliphatic rings. The Balaban J connectivity index is 2.34. The maximum atomic E-state index is 13.7. The first kappa shape index (κ1) is 15.4. The number of rotatable bonds is 5. The first-order valence-electron chi connectivity index (χ1n) is 5.99. The highest BCUT2D eigenvalue weighted by atomic mass is 79.9. The Morgan fingerprint density at radius 3 is 2.52 bits per heavy atom. The van der Waals surface area contributed by atoms with Gasteiger partial charge in [0.25, 0.3) is 0 Å². The van der Waals surface area contributed by atoms with Crippen molar-refractivity contribution >= 4 is 33.5 Å². The summed E-state index contributed by atoms with van der Waals surface area (Å²) in [6, 6.07) is 2.09. The van der Waals surface area contributed by atoms with Gasteiger partial charge in [-0.3, -0.25) is 0 Å². The number of hydrogen-bond acceptors (Lipinski definition) is 6. The van der Waals surface area contributed by atoms with E-state index in [0.717, 1.165) is 6.07 Å². The van der Waals surface area contributed by atoms with E-state index in [1.54, 1.807) is 0 Å². The summed E-state index contributed by atoms with van der Waals surface area (Å²) in [7, 11) is 1.41. The number of halogens is 3. The van der Waals surface area contributed by atoms with Gasteiger partial charge in [-0.15, -0.1) is 0 Å². The van der Waals surface area contributed by atoms with Crippen LogP contribution in [0.1, 0.15) is 6.92 Å². The Labute approximate surface area is 128 Å². The summed E-state index contributed by atoms with van der Waals surface area (Å²) in [6.45, 7) is 2.48. The molecule has 6 nitrogen and oxygen atoms in total. The minimum atomic E-state index is -0.764. The lowest BCUT2D eigenvalue weighted by atomic mass is 10.3. The normalized spacial score (nSPS) is 10.3. The van der Waals surface area contributed by atoms with E-state index < -0.39 is 11.6 Å². The fraction of sp³-hybridized carbons (Fsp3) is 0.250. The molecule has 0 aliphatic heterocycles. The van der Waals surface area contributed by atoms with Crippen molar-refractivity contribution in [2.75, 3.05) is 24.3 Å². The summed E-state index contributed by atoms with van der Waals surface area (Å²) in [4.78, 5) is 12.0. The number of ether oxygens (including phenoxy) is 1. The average Bonchev–Trinajstić information content (AvgIpc) is 2.45. The lowest BCUT2D eigenvalue weighted by molar-refractivity contribution is 0.379. The van der Waals surface area contributed by atoms with Crippen molar-refractivity contribution in [3.8, 4) is 6.01 Å². The van der Waals surface area contributed by atoms with Gasteiger partial charge in [0, 0.05) is 12.6 Å². The molecule has 112 valence electrons. The molecule has 2 N–H and O–H groups in total. The molecular weight excluding hydrogens is 348 g/mol. The smallest absolute Gasteiger partial charge is 0.322 e. The largest absolute Gasteiger partial charge is 0.467 e. The summed E-state index contributed by atoms with van der Waals surface area (Å²) in [5, 5.41) is 5.56. The summed E-state index contributed by atoms with van der Waals surface area (Å²) >= 11 is 2.99. The van der Waals surface area contributed by atoms with E-state index in [4.69, 9.17) is 4.74 Å². The van der Waals surface area contributed by atoms with E-state index >= 15 is 0 Å². The molecule has 1 aromatic heterocycles. The van der Waals surface area contributed by atoms with E-state index in [9.17, 15) is 8.78 Å². The Morgan fingerprint density at radius 1 is 1.14 bits per heavy atom. The highest BCUT2D eigenvalue weighted by molar-refractivity contribution is 9.10. The molecule has 2 rings (SSSR count). The van der Waals surface area contributed by atoms with Crippen LogP contribution >= 0.6 is 15.9 Å². The third-order valence-corrected chi connectivity index (χ3v) is 3.00. The van der Waals surface area contributed by atoms with Crippen LogP contribution in [0.15, 0.2) is 16.6 Å². The van der Waals surface area contributed by atoms with Crippen LogP contribution < -0.4 is 15.4 Å². The topological polar surface area (TPSA) is 72.0 Å². The summed E-state index contributed by atoms with van der Waals surface area (Å²) < 4.78 is 32.0. The molecule has 1 heterocycles. The van der Waals surface area contributed by atoms with Crippen molar-refractivity contribution in [2.24, 2.45) is 0 Å². The third-order valence-electron chi connectivity index (χ3n) is 2.39. The summed E-state index contributed by atoms with van der Waals surface area (Å²) in [5.41, 5.74) is 0.0268. The van der Waals surface area contributed by atoms with Gasteiger partial charge in [0.2, 0.25) is 11.9 Å². The number of nitrogens with one attached hydrogen (secondary N) is 2. The second-order valence-electron chi connectivity index (χ2n) is 3.87. The lowest BCUT2D eigenvalue weighted by Crippen LogP contribution is -2.08. The SMILES string of the molecule is CCNc1nc(Nc2cc(Br)c(F)cc2F)nc(OC)n1. The van der Waals surface area contributed by atoms with Gasteiger partial charge in [-0.2, -0.15) is 15.0 Å². The van der Waals surface area contributed by atoms with Gasteiger partial charge in [0.05, 0.1) is 17.3 Å². The molecule has 0 amide bonds. The van der Waals surface area contributed by atoms with Crippen LogP contribution in [-0.4, -0.2) is 28.6 Å². The summed E-state index contributed by atoms with van der Waals surface area (Å²) in [5.74, 6) is -1.09. The van der Waals surface area contributed by atoms with Gasteiger partial charge in [0.1, 0.15) is 11.6 Å². The van der Waals surface area contributed by atoms with Crippen molar-refractivity contribution < 1.29 is 13.5 Å². The van der Waals surface area contributed by atoms with Crippen LogP contribution in [0, 0.1) is 11.6 Å². The molecule has 0 saturated heterocycles. The molecule has 0 saturated carbocycles. The Bertz CT molecular complexity index is 656. The van der Waals surface area contributed by atoms with E-state index in [2.05, 4.69) is 41.5 Å². The molecule has 1 aromatic carbocycles. The van der Waals surface area contributed by atoms with Gasteiger partial charge in [-0.05, 0) is 28.9 Å². The highest BCUT2D eigenvalue weighted by Gasteiger charge is 2.12. The molecule has 0 aliphatic carbocycles. The molecule has 0 fully saturated rings. The first-order valence-corrected chi connectivity index (χ1v) is 6.78. The maximum absolute atomic E-state index is 13.7. The second-order valence-corrected chi connectivity index (χ2v) is 4.73. The van der Waals surface area contributed by atoms with E-state index in [1.807, 2.05) is 6.92 Å². The predicted molar refractivity (Wildman–Crippen MR) is 77.9 cm³/mol. The van der Waals surface area contributed by atoms with Crippen molar-refractivity contribution in [2.45, 2.75) is 6.92 Å². The number of anilines is 3. The monoisotopic (exact) mass is 359 g/mol. The van der Waals surface area contributed by atoms with Gasteiger partial charge >= 0.3 is 6.01 Å². The van der Waals surface area contributed by atoms with E-state index in [0.29, 0.717) is 6.54 Å². The van der Waals surface area contributed by atoms with E-state index in [-0.39, 0.29) is 28.1 Å². The Kier molecular flexibility index (Phi) is 4.84. The fourth-order valence-corrected chi connectivity index (χ4v) is 1.82. The number of hydrogen-bond donors (Lipinski definition) is 2. The minimum absolute atomic E-state index is 0.0268. The Morgan fingerprint density at radius 2 is 1.86 bits per heavy atom. The zero-order chi connectivity index (χ0) is 15.4. The van der Waals surface area contributed by atoms with Crippen LogP contribution in [0.4, 0.5) is 26.4 Å². The first-order chi connectivity index (χ1) is 10.0. The second kappa shape index (κ2) is 6.61. The van der Waals surface area contributed by atoms with E-state index in [1.165, 1.54) is 13.2 Å². The molecule has 0 radical (unpaired) electrons. The van der Waals surface area contributed by atoms with Gasteiger partial charge in [-0.25, -0.2) is 8.78 Å². The molecule has 0 atom stereocenters. The predicted octanol–water partition coefficient (Wildman–Crippen LogP) is 3.10. The molecule has 0 bridgehead atoms. The number of benzene rings is 1. The molecule has 0 spiro atoms. The molecule has 2 aromatic rings. The van der Waals surface area contributed by atoms with Crippen LogP contribution in [0.5, 0.6) is 6.01 Å². The van der Waals surface area contributed by atoms with Crippen LogP contribution in [0.2, 0.25) is 0 Å². The van der Waals surface area contributed by atoms with Gasteiger partial charge in [-0.1, -0.05) is 0 Å². The third kappa shape index (κ3) is 3.75. The molecule has 21 heavy (non-hydrogen) atoms. The molecule has 0 unspecified atom stereocenters. The van der Waals surface area contributed by atoms with Gasteiger partial charge < -0.3 is 15.4 Å². The Hall–Kier alpha value is -2.03. The quantitative estimate of drug-likeness (QED) is 0.799. The number of methoxy groups -OCH3 is 1. The zero-order valence-corrected chi connectivity index (χ0v) is 12.8. The van der Waals surface area contributed by atoms with Crippen LogP contribution in [0.25, 0.3) is 0 Å². The minimum Gasteiger partial charge on any atom is -0.467 e. The zero-order valence-electron chi connectivity index (χ0n) is 11.2. The standard InChI is InChI=1S/C12H12BrF2N5O/c1-3-16-10-18-11(20-12(19-10)21-2)17-9-4-6(13)7(14)5-8(9)15/h4-5H,3H2,1-2H3,(H2,16,17,18,19,20). The molecule has 9 heteroatoms. The van der Waals surface area contributed by atoms with Crippen molar-refractivity contribution in [3.05, 3.63) is 28.2 Å². The van der Waals surface area contributed by atoms with Crippen LogP contribution in [-0.2, 0) is 0 Å². The number of nitrogens with zero attached hydrogens (tertiary/aromatic N) is 3. The van der Waals surface area contributed by atoms with Gasteiger partial charge in [0.15, 0.2) is 0 Å². The number of aromatic nitrogens is 3. The molecular formula is C12H12BrF2N5O. The fourth-order valence-electron chi connectivity index (χ4n) is 1.48. The highest BCUT2D eigenvalue weighted by Crippen LogP contribution is 2.26.